The molecule has 0 aromatic heterocycles. The van der Waals surface area contributed by atoms with Gasteiger partial charge >= 0.3 is 12.3 Å². The molecule has 1 aliphatic carbocycles. The lowest BCUT2D eigenvalue weighted by molar-refractivity contribution is -0.286. The van der Waals surface area contributed by atoms with Crippen LogP contribution in [0, 0.1) is 5.92 Å². The summed E-state index contributed by atoms with van der Waals surface area (Å²) < 4.78 is 42.2. The number of aliphatic carboxylic acids is 1. The zero-order chi connectivity index (χ0) is 24.7. The van der Waals surface area contributed by atoms with E-state index in [-0.39, 0.29) is 40.5 Å². The minimum Gasteiger partial charge on any atom is -0.495 e. The van der Waals surface area contributed by atoms with Gasteiger partial charge in [-0.15, -0.1) is 8.78 Å². The maximum atomic E-state index is 13.9. The smallest absolute Gasteiger partial charge is 0.495 e. The number of carboxylic acids is 1. The molecule has 182 valence electrons. The van der Waals surface area contributed by atoms with E-state index in [0.29, 0.717) is 30.1 Å². The molecule has 2 N–H and O–H groups in total. The van der Waals surface area contributed by atoms with Crippen LogP contribution in [0.3, 0.4) is 0 Å². The summed E-state index contributed by atoms with van der Waals surface area (Å²) in [6.07, 6.45) is -1.05. The van der Waals surface area contributed by atoms with Gasteiger partial charge in [0.2, 0.25) is 0 Å². The van der Waals surface area contributed by atoms with Crippen molar-refractivity contribution in [2.45, 2.75) is 50.9 Å². The Hall–Kier alpha value is -3.07. The molecular weight excluding hydrogens is 472 g/mol. The molecular formula is C24H24ClF2NO6. The van der Waals surface area contributed by atoms with Crippen LogP contribution in [-0.4, -0.2) is 35.9 Å². The van der Waals surface area contributed by atoms with Gasteiger partial charge in [-0.3, -0.25) is 4.79 Å². The summed E-state index contributed by atoms with van der Waals surface area (Å²) in [6, 6.07) is 7.09. The molecule has 0 saturated heterocycles. The van der Waals surface area contributed by atoms with Crippen molar-refractivity contribution in [1.29, 1.82) is 0 Å². The number of rotatable bonds is 6. The number of amides is 1. The average molecular weight is 496 g/mol. The van der Waals surface area contributed by atoms with Crippen LogP contribution in [0.5, 0.6) is 17.2 Å². The maximum absolute atomic E-state index is 13.9. The van der Waals surface area contributed by atoms with Crippen molar-refractivity contribution >= 4 is 23.5 Å². The monoisotopic (exact) mass is 495 g/mol. The van der Waals surface area contributed by atoms with Gasteiger partial charge in [-0.25, -0.2) is 4.79 Å². The Morgan fingerprint density at radius 3 is 2.50 bits per heavy atom. The average Bonchev–Trinajstić information content (AvgIpc) is 3.12. The fourth-order valence-electron chi connectivity index (χ4n) is 4.49. The van der Waals surface area contributed by atoms with Crippen LogP contribution in [0.15, 0.2) is 30.3 Å². The first-order valence-electron chi connectivity index (χ1n) is 10.9. The van der Waals surface area contributed by atoms with Crippen molar-refractivity contribution in [3.8, 4) is 28.4 Å². The number of benzene rings is 2. The summed E-state index contributed by atoms with van der Waals surface area (Å²) >= 11 is 6.20. The number of hydrogen-bond acceptors (Lipinski definition) is 5. The third-order valence-electron chi connectivity index (χ3n) is 6.53. The molecule has 2 aromatic rings. The lowest BCUT2D eigenvalue weighted by Gasteiger charge is -2.37. The quantitative estimate of drug-likeness (QED) is 0.550. The van der Waals surface area contributed by atoms with Crippen molar-refractivity contribution in [1.82, 2.24) is 5.32 Å². The van der Waals surface area contributed by atoms with Crippen molar-refractivity contribution in [2.75, 3.05) is 7.11 Å². The van der Waals surface area contributed by atoms with Crippen LogP contribution < -0.4 is 19.5 Å². The molecule has 4 rings (SSSR count). The van der Waals surface area contributed by atoms with Gasteiger partial charge in [0.1, 0.15) is 11.3 Å². The second kappa shape index (κ2) is 8.94. The zero-order valence-electron chi connectivity index (χ0n) is 18.6. The molecule has 1 heterocycles. The van der Waals surface area contributed by atoms with E-state index in [2.05, 4.69) is 14.8 Å². The third kappa shape index (κ3) is 4.49. The molecule has 10 heteroatoms. The Morgan fingerprint density at radius 1 is 1.21 bits per heavy atom. The standard InChI is InChI=1S/C24H24ClF2NO6/c1-3-13-6-8-23(9-7-13,22(30)31)28-21(29)15-10-16(14-4-5-18(32-2)17(25)11-14)20-19(12-15)33-24(26,27)34-20/h4-5,10-13H,3,6-9H2,1-2H3,(H,28,29)(H,30,31)/t13-,23+. The summed E-state index contributed by atoms with van der Waals surface area (Å²) in [5.41, 5.74) is -0.940. The Bertz CT molecular complexity index is 1130. The zero-order valence-corrected chi connectivity index (χ0v) is 19.4. The molecule has 2 aliphatic rings. The van der Waals surface area contributed by atoms with Crippen LogP contribution in [0.25, 0.3) is 11.1 Å². The number of hydrogen-bond donors (Lipinski definition) is 2. The summed E-state index contributed by atoms with van der Waals surface area (Å²) in [5, 5.41) is 12.8. The third-order valence-corrected chi connectivity index (χ3v) is 6.82. The largest absolute Gasteiger partial charge is 0.586 e. The first kappa shape index (κ1) is 24.1. The highest BCUT2D eigenvalue weighted by Gasteiger charge is 2.46. The summed E-state index contributed by atoms with van der Waals surface area (Å²) in [5.74, 6) is -1.63. The van der Waals surface area contributed by atoms with E-state index in [0.717, 1.165) is 12.5 Å². The number of fused-ring (bicyclic) bond motifs is 1. The van der Waals surface area contributed by atoms with E-state index in [1.54, 1.807) is 12.1 Å². The molecule has 0 atom stereocenters. The van der Waals surface area contributed by atoms with Gasteiger partial charge in [0, 0.05) is 11.1 Å². The lowest BCUT2D eigenvalue weighted by atomic mass is 9.75. The van der Waals surface area contributed by atoms with Gasteiger partial charge in [-0.1, -0.05) is 31.0 Å². The van der Waals surface area contributed by atoms with Gasteiger partial charge in [0.15, 0.2) is 11.5 Å². The summed E-state index contributed by atoms with van der Waals surface area (Å²) in [7, 11) is 1.44. The molecule has 1 aliphatic heterocycles. The molecule has 0 radical (unpaired) electrons. The molecule has 1 fully saturated rings. The number of carbonyl (C=O) groups is 2. The minimum atomic E-state index is -3.91. The number of alkyl halides is 2. The number of halogens is 3. The first-order chi connectivity index (χ1) is 16.1. The molecule has 0 spiro atoms. The van der Waals surface area contributed by atoms with E-state index in [1.807, 2.05) is 6.92 Å². The summed E-state index contributed by atoms with van der Waals surface area (Å²) in [4.78, 5) is 25.3. The summed E-state index contributed by atoms with van der Waals surface area (Å²) in [6.45, 7) is 2.05. The van der Waals surface area contributed by atoms with Crippen molar-refractivity contribution in [3.05, 3.63) is 40.9 Å². The fourth-order valence-corrected chi connectivity index (χ4v) is 4.75. The van der Waals surface area contributed by atoms with Crippen LogP contribution in [0.4, 0.5) is 8.78 Å². The molecule has 0 bridgehead atoms. The van der Waals surface area contributed by atoms with Gasteiger partial charge in [0.25, 0.3) is 5.91 Å². The van der Waals surface area contributed by atoms with Crippen molar-refractivity contribution in [3.63, 3.8) is 0 Å². The minimum absolute atomic E-state index is 0.0415. The SMILES string of the molecule is CC[C@H]1CC[C@](NC(=O)c2cc3c(c(-c4ccc(OC)c(Cl)c4)c2)OC(F)(F)O3)(C(=O)O)CC1. The second-order valence-electron chi connectivity index (χ2n) is 8.56. The molecule has 34 heavy (non-hydrogen) atoms. The number of carbonyl (C=O) groups excluding carboxylic acids is 1. The Labute approximate surface area is 199 Å². The van der Waals surface area contributed by atoms with Crippen LogP contribution in [-0.2, 0) is 4.79 Å². The van der Waals surface area contributed by atoms with E-state index in [9.17, 15) is 23.5 Å². The number of ether oxygens (including phenoxy) is 3. The highest BCUT2D eigenvalue weighted by Crippen LogP contribution is 2.49. The predicted octanol–water partition coefficient (Wildman–Crippen LogP) is 5.49. The van der Waals surface area contributed by atoms with Gasteiger partial charge in [-0.2, -0.15) is 0 Å². The molecule has 7 nitrogen and oxygen atoms in total. The highest BCUT2D eigenvalue weighted by atomic mass is 35.5. The van der Waals surface area contributed by atoms with Crippen molar-refractivity contribution < 1.29 is 37.7 Å². The van der Waals surface area contributed by atoms with Gasteiger partial charge in [0.05, 0.1) is 12.1 Å². The van der Waals surface area contributed by atoms with E-state index in [4.69, 9.17) is 16.3 Å². The predicted molar refractivity (Wildman–Crippen MR) is 120 cm³/mol. The van der Waals surface area contributed by atoms with E-state index in [1.165, 1.54) is 19.2 Å². The topological polar surface area (TPSA) is 94.1 Å². The maximum Gasteiger partial charge on any atom is 0.586 e. The van der Waals surface area contributed by atoms with Crippen molar-refractivity contribution in [2.24, 2.45) is 5.92 Å². The normalized spacial score (nSPS) is 22.8. The number of methoxy groups -OCH3 is 1. The Kier molecular flexibility index (Phi) is 6.33. The number of nitrogens with one attached hydrogen (secondary N) is 1. The number of carboxylic acid groups (broad SMARTS) is 1. The van der Waals surface area contributed by atoms with E-state index < -0.39 is 23.7 Å². The molecule has 1 amide bonds. The van der Waals surface area contributed by atoms with Gasteiger partial charge < -0.3 is 24.6 Å². The lowest BCUT2D eigenvalue weighted by Crippen LogP contribution is -2.56. The van der Waals surface area contributed by atoms with Crippen LogP contribution in [0.1, 0.15) is 49.4 Å². The Balaban J connectivity index is 1.71. The van der Waals surface area contributed by atoms with Crippen LogP contribution >= 0.6 is 11.6 Å². The van der Waals surface area contributed by atoms with Crippen LogP contribution in [0.2, 0.25) is 5.02 Å². The fraction of sp³-hybridized carbons (Fsp3) is 0.417. The van der Waals surface area contributed by atoms with Gasteiger partial charge in [-0.05, 0) is 61.4 Å². The molecule has 2 aromatic carbocycles. The molecule has 0 unspecified atom stereocenters. The second-order valence-corrected chi connectivity index (χ2v) is 8.97. The first-order valence-corrected chi connectivity index (χ1v) is 11.3. The molecule has 1 saturated carbocycles. The highest BCUT2D eigenvalue weighted by molar-refractivity contribution is 6.32. The Morgan fingerprint density at radius 2 is 1.91 bits per heavy atom. The van der Waals surface area contributed by atoms with E-state index >= 15 is 0 Å².